The number of benzene rings is 1. The van der Waals surface area contributed by atoms with Gasteiger partial charge in [0.1, 0.15) is 12.0 Å². The van der Waals surface area contributed by atoms with E-state index in [1.165, 1.54) is 19.1 Å². The first-order chi connectivity index (χ1) is 8.41. The monoisotopic (exact) mass is 247 g/mol. The molecule has 1 N–H and O–H groups in total. The van der Waals surface area contributed by atoms with Crippen LogP contribution in [0.25, 0.3) is 0 Å². The number of ketones is 1. The summed E-state index contributed by atoms with van der Waals surface area (Å²) >= 11 is 0. The van der Waals surface area contributed by atoms with Crippen LogP contribution in [0, 0.1) is 22.0 Å². The largest absolute Gasteiger partial charge is 0.481 e. The maximum Gasteiger partial charge on any atom is 0.315 e. The first-order valence-corrected chi connectivity index (χ1v) is 4.92. The molecule has 0 unspecified atom stereocenters. The number of carbonyl (C=O) groups excluding carboxylic acids is 1. The molecule has 0 saturated carbocycles. The van der Waals surface area contributed by atoms with E-state index >= 15 is 0 Å². The number of carboxylic acids is 1. The van der Waals surface area contributed by atoms with Crippen LogP contribution in [0.3, 0.4) is 0 Å². The van der Waals surface area contributed by atoms with E-state index in [4.69, 9.17) is 5.11 Å². The molecule has 0 aliphatic heterocycles. The maximum absolute atomic E-state index is 11.1. The van der Waals surface area contributed by atoms with E-state index in [-0.39, 0.29) is 22.6 Å². The number of carbonyl (C=O) groups is 2. The van der Waals surface area contributed by atoms with Gasteiger partial charge in [0.15, 0.2) is 5.78 Å². The second-order valence-corrected chi connectivity index (χ2v) is 3.42. The van der Waals surface area contributed by atoms with Crippen molar-refractivity contribution in [1.29, 1.82) is 0 Å². The minimum absolute atomic E-state index is 0.0891. The Balaban J connectivity index is 3.18. The summed E-state index contributed by atoms with van der Waals surface area (Å²) < 4.78 is 0. The average molecular weight is 247 g/mol. The molecule has 1 aromatic rings. The summed E-state index contributed by atoms with van der Waals surface area (Å²) in [6.07, 6.45) is -0.397. The van der Waals surface area contributed by atoms with Crippen molar-refractivity contribution in [2.24, 2.45) is 0 Å². The molecule has 0 fully saturated rings. The number of nitro benzene ring substituents is 1. The van der Waals surface area contributed by atoms with Gasteiger partial charge >= 0.3 is 5.97 Å². The fraction of sp³-hybridized carbons (Fsp3) is 0.167. The average Bonchev–Trinajstić information content (AvgIpc) is 2.28. The highest BCUT2D eigenvalue weighted by Gasteiger charge is 2.14. The predicted molar refractivity (Wildman–Crippen MR) is 62.2 cm³/mol. The number of rotatable bonds is 3. The van der Waals surface area contributed by atoms with Crippen LogP contribution >= 0.6 is 0 Å². The highest BCUT2D eigenvalue weighted by molar-refractivity contribution is 5.95. The number of nitrogens with zero attached hydrogens (tertiary/aromatic N) is 1. The molecule has 92 valence electrons. The number of nitro groups is 1. The van der Waals surface area contributed by atoms with Gasteiger partial charge in [-0.25, -0.2) is 0 Å². The minimum Gasteiger partial charge on any atom is -0.481 e. The lowest BCUT2D eigenvalue weighted by Crippen LogP contribution is -1.98. The third-order valence-corrected chi connectivity index (χ3v) is 2.06. The summed E-state index contributed by atoms with van der Waals surface area (Å²) in [7, 11) is 0. The van der Waals surface area contributed by atoms with Gasteiger partial charge in [-0.1, -0.05) is 11.8 Å². The predicted octanol–water partition coefficient (Wildman–Crippen LogP) is 1.62. The Kier molecular flexibility index (Phi) is 4.16. The Morgan fingerprint density at radius 3 is 2.61 bits per heavy atom. The van der Waals surface area contributed by atoms with Gasteiger partial charge in [0.2, 0.25) is 0 Å². The van der Waals surface area contributed by atoms with Crippen molar-refractivity contribution in [3.8, 4) is 11.8 Å². The molecule has 18 heavy (non-hydrogen) atoms. The summed E-state index contributed by atoms with van der Waals surface area (Å²) in [6, 6.07) is 3.89. The fourth-order valence-corrected chi connectivity index (χ4v) is 1.22. The van der Waals surface area contributed by atoms with Crippen LogP contribution in [0.15, 0.2) is 18.2 Å². The number of carboxylic acid groups (broad SMARTS) is 1. The smallest absolute Gasteiger partial charge is 0.315 e. The third-order valence-electron chi connectivity index (χ3n) is 2.06. The van der Waals surface area contributed by atoms with Crippen molar-refractivity contribution in [2.45, 2.75) is 13.3 Å². The summed E-state index contributed by atoms with van der Waals surface area (Å²) in [4.78, 5) is 31.5. The normalized spacial score (nSPS) is 9.17. The van der Waals surface area contributed by atoms with Gasteiger partial charge in [0.25, 0.3) is 5.69 Å². The molecule has 1 aromatic carbocycles. The van der Waals surface area contributed by atoms with Crippen LogP contribution in [0.5, 0.6) is 0 Å². The van der Waals surface area contributed by atoms with Gasteiger partial charge in [-0.15, -0.1) is 0 Å². The Bertz CT molecular complexity index is 580. The Morgan fingerprint density at radius 2 is 2.11 bits per heavy atom. The van der Waals surface area contributed by atoms with E-state index in [9.17, 15) is 19.7 Å². The first-order valence-electron chi connectivity index (χ1n) is 4.92. The lowest BCUT2D eigenvalue weighted by Gasteiger charge is -1.98. The molecule has 6 nitrogen and oxygen atoms in total. The quantitative estimate of drug-likeness (QED) is 0.379. The Hall–Kier alpha value is -2.68. The van der Waals surface area contributed by atoms with Gasteiger partial charge in [0, 0.05) is 11.6 Å². The second kappa shape index (κ2) is 5.59. The molecule has 0 saturated heterocycles. The molecular formula is C12H9NO5. The van der Waals surface area contributed by atoms with Crippen molar-refractivity contribution < 1.29 is 19.6 Å². The van der Waals surface area contributed by atoms with Crippen LogP contribution < -0.4 is 0 Å². The fourth-order valence-electron chi connectivity index (χ4n) is 1.22. The van der Waals surface area contributed by atoms with Gasteiger partial charge < -0.3 is 5.11 Å². The van der Waals surface area contributed by atoms with Crippen molar-refractivity contribution in [3.63, 3.8) is 0 Å². The van der Waals surface area contributed by atoms with Crippen LogP contribution in [0.1, 0.15) is 29.3 Å². The minimum atomic E-state index is -1.11. The second-order valence-electron chi connectivity index (χ2n) is 3.42. The van der Waals surface area contributed by atoms with Gasteiger partial charge in [-0.05, 0) is 19.1 Å². The van der Waals surface area contributed by atoms with E-state index in [0.717, 1.165) is 6.07 Å². The zero-order valence-corrected chi connectivity index (χ0v) is 9.47. The van der Waals surface area contributed by atoms with E-state index < -0.39 is 17.3 Å². The zero-order chi connectivity index (χ0) is 13.7. The van der Waals surface area contributed by atoms with Crippen molar-refractivity contribution in [1.82, 2.24) is 0 Å². The Morgan fingerprint density at radius 1 is 1.44 bits per heavy atom. The number of aliphatic carboxylic acids is 1. The van der Waals surface area contributed by atoms with Gasteiger partial charge in [-0.3, -0.25) is 19.7 Å². The first kappa shape index (κ1) is 13.4. The third kappa shape index (κ3) is 3.42. The standard InChI is InChI=1S/C12H9NO5/c1-8(14)10-6-5-9(3-2-4-12(15)16)11(7-10)13(17)18/h5-7H,4H2,1H3,(H,15,16). The van der Waals surface area contributed by atoms with Crippen LogP contribution in [-0.4, -0.2) is 21.8 Å². The summed E-state index contributed by atoms with van der Waals surface area (Å²) in [5, 5.41) is 19.2. The number of Topliss-reactive ketones (excluding diaryl/α,β-unsaturated/α-hetero) is 1. The van der Waals surface area contributed by atoms with E-state index in [0.29, 0.717) is 0 Å². The summed E-state index contributed by atoms with van der Waals surface area (Å²) in [5.41, 5.74) is -0.00248. The molecular weight excluding hydrogens is 238 g/mol. The van der Waals surface area contributed by atoms with Gasteiger partial charge in [-0.2, -0.15) is 0 Å². The molecule has 0 atom stereocenters. The Labute approximate surface area is 102 Å². The highest BCUT2D eigenvalue weighted by atomic mass is 16.6. The molecule has 0 aliphatic rings. The topological polar surface area (TPSA) is 97.5 Å². The van der Waals surface area contributed by atoms with E-state index in [2.05, 4.69) is 11.8 Å². The highest BCUT2D eigenvalue weighted by Crippen LogP contribution is 2.19. The van der Waals surface area contributed by atoms with Crippen molar-refractivity contribution in [3.05, 3.63) is 39.4 Å². The molecule has 6 heteroatoms. The van der Waals surface area contributed by atoms with E-state index in [1.54, 1.807) is 0 Å². The number of hydrogen-bond donors (Lipinski definition) is 1. The number of hydrogen-bond acceptors (Lipinski definition) is 4. The maximum atomic E-state index is 11.1. The molecule has 0 amide bonds. The molecule has 0 heterocycles. The van der Waals surface area contributed by atoms with Crippen LogP contribution in [-0.2, 0) is 4.79 Å². The molecule has 0 bridgehead atoms. The van der Waals surface area contributed by atoms with E-state index in [1.807, 2.05) is 0 Å². The van der Waals surface area contributed by atoms with Crippen molar-refractivity contribution >= 4 is 17.4 Å². The molecule has 0 aliphatic carbocycles. The SMILES string of the molecule is CC(=O)c1ccc(C#CCC(=O)O)c([N+](=O)[O-])c1. The lowest BCUT2D eigenvalue weighted by atomic mass is 10.1. The van der Waals surface area contributed by atoms with Crippen molar-refractivity contribution in [2.75, 3.05) is 0 Å². The zero-order valence-electron chi connectivity index (χ0n) is 9.47. The van der Waals surface area contributed by atoms with Crippen LogP contribution in [0.4, 0.5) is 5.69 Å². The van der Waals surface area contributed by atoms with Gasteiger partial charge in [0.05, 0.1) is 4.92 Å². The van der Waals surface area contributed by atoms with Crippen LogP contribution in [0.2, 0.25) is 0 Å². The molecule has 0 aromatic heterocycles. The molecule has 0 spiro atoms. The molecule has 0 radical (unpaired) electrons. The summed E-state index contributed by atoms with van der Waals surface area (Å²) in [5.74, 6) is 3.32. The summed E-state index contributed by atoms with van der Waals surface area (Å²) in [6.45, 7) is 1.30. The molecule has 1 rings (SSSR count). The lowest BCUT2D eigenvalue weighted by molar-refractivity contribution is -0.385.